The number of unbranched alkanes of at least 4 members (excludes halogenated alkanes) is 62. The van der Waals surface area contributed by atoms with Crippen molar-refractivity contribution in [2.75, 3.05) is 0 Å². The summed E-state index contributed by atoms with van der Waals surface area (Å²) in [5, 5.41) is 0. The minimum atomic E-state index is 0.884. The maximum atomic E-state index is 9.76. The number of allylic oxidation sites excluding steroid dienone is 2. The van der Waals surface area contributed by atoms with Gasteiger partial charge in [-0.2, -0.15) is 0 Å². The molecule has 0 N–H and O–H groups in total. The summed E-state index contributed by atoms with van der Waals surface area (Å²) in [5.74, 6) is 16.6. The minimum Gasteiger partial charge on any atom is -0.0654 e. The van der Waals surface area contributed by atoms with Gasteiger partial charge in [0.1, 0.15) is 0 Å². The minimum absolute atomic E-state index is 0.884. The van der Waals surface area contributed by atoms with Gasteiger partial charge in [-0.15, -0.1) is 16.6 Å². The van der Waals surface area contributed by atoms with Gasteiger partial charge in [0.15, 0.2) is 0 Å². The zero-order valence-corrected chi connectivity index (χ0v) is 71.4. The van der Waals surface area contributed by atoms with Crippen LogP contribution in [0.3, 0.4) is 0 Å². The molecule has 0 aliphatic carbocycles. The number of rotatable bonds is 73. The molecule has 0 saturated heterocycles. The second-order valence-electron chi connectivity index (χ2n) is 31.7. The smallest absolute Gasteiger partial charge is 0.0654 e. The fourth-order valence-electron chi connectivity index (χ4n) is 15.0. The molecule has 0 radical (unpaired) electrons. The molecule has 0 bridgehead atoms. The maximum absolute atomic E-state index is 9.76. The van der Waals surface area contributed by atoms with Crippen molar-refractivity contribution >= 4 is 11.4 Å². The van der Waals surface area contributed by atoms with E-state index in [2.05, 4.69) is 134 Å². The first-order valence-corrected chi connectivity index (χ1v) is 47.4. The normalized spacial score (nSPS) is 11.2. The molecule has 0 aliphatic rings. The van der Waals surface area contributed by atoms with E-state index in [1.165, 1.54) is 433 Å². The Balaban J connectivity index is 0.00000108. The van der Waals surface area contributed by atoms with Crippen molar-refractivity contribution in [3.05, 3.63) is 87.5 Å². The number of aryl methyl sites for hydroxylation is 2. The summed E-state index contributed by atoms with van der Waals surface area (Å²) < 4.78 is 0. The number of hydrogen-bond acceptors (Lipinski definition) is 0. The molecule has 2 rings (SSSR count). The van der Waals surface area contributed by atoms with E-state index in [0.29, 0.717) is 0 Å². The molecule has 0 amide bonds. The third-order valence-electron chi connectivity index (χ3n) is 21.8. The van der Waals surface area contributed by atoms with Gasteiger partial charge >= 0.3 is 170 Å². The topological polar surface area (TPSA) is 36.4 Å². The van der Waals surface area contributed by atoms with Crippen molar-refractivity contribution in [3.8, 4) is 33.5 Å². The van der Waals surface area contributed by atoms with Crippen LogP contribution in [0.4, 0.5) is 0 Å². The van der Waals surface area contributed by atoms with Crippen LogP contribution in [-0.4, -0.2) is 10.7 Å². The van der Waals surface area contributed by atoms with Crippen LogP contribution in [0.5, 0.6) is 0 Å². The molecule has 596 valence electrons. The van der Waals surface area contributed by atoms with Crippen molar-refractivity contribution in [2.45, 2.75) is 510 Å². The van der Waals surface area contributed by atoms with Crippen molar-refractivity contribution < 1.29 is 19.2 Å². The van der Waals surface area contributed by atoms with Crippen LogP contribution in [0.1, 0.15) is 520 Å². The molecule has 0 heterocycles. The van der Waals surface area contributed by atoms with Crippen LogP contribution in [0.2, 0.25) is 0 Å². The first kappa shape index (κ1) is 98.5. The predicted molar refractivity (Wildman–Crippen MR) is 464 cm³/mol. The quantitative estimate of drug-likeness (QED) is 0.0120. The molecule has 104 heavy (non-hydrogen) atoms. The number of hydrogen-bond donors (Lipinski definition) is 0. The second kappa shape index (κ2) is 83.6. The van der Waals surface area contributed by atoms with Gasteiger partial charge in [-0.3, -0.25) is 0 Å². The molecule has 0 saturated carbocycles. The zero-order chi connectivity index (χ0) is 74.7. The Morgan fingerprint density at radius 3 is 0.923 bits per heavy atom. The van der Waals surface area contributed by atoms with E-state index in [1.807, 2.05) is 0 Å². The van der Waals surface area contributed by atoms with E-state index in [4.69, 9.17) is 0 Å². The molecule has 0 spiro atoms. The third kappa shape index (κ3) is 65.6. The summed E-state index contributed by atoms with van der Waals surface area (Å²) in [6.07, 6.45) is 98.8. The standard InChI is InChI=1S/C43H62N2.2C29H55.Ni/c1-5-9-13-15-16-17-18-19-20-22-27-38-28-24-25-31-41(38)43(39-34-32-37(33-35-39)26-12-8-4)42(30-23-14-10-6-2)40(36-45-44)29-21-11-7-3;2*1-3-5-7-9-11-13-15-17-19-21-23-25-27-29-28-26-24-22-20-18-16-14-12-10-8-6-4-2;/h24-25,28,31-35H,5-17,20-23,26-27,29-30H2,1-4H3;2*3,5-29H2,1H3;. The summed E-state index contributed by atoms with van der Waals surface area (Å²) >= 11 is 1.33. The molecular formula is C101H172N2Ni. The summed E-state index contributed by atoms with van der Waals surface area (Å²) in [7, 11) is 0. The van der Waals surface area contributed by atoms with Gasteiger partial charge in [-0.25, -0.2) is 0 Å². The van der Waals surface area contributed by atoms with Gasteiger partial charge in [0, 0.05) is 12.8 Å². The molecular weight excluding hydrogens is 1300 g/mol. The first-order valence-electron chi connectivity index (χ1n) is 46.5. The Morgan fingerprint density at radius 2 is 0.577 bits per heavy atom. The fraction of sp³-hybridized carbons (Fsp3) is 0.782. The first-order chi connectivity index (χ1) is 51.6. The summed E-state index contributed by atoms with van der Waals surface area (Å²) in [5.41, 5.74) is 18.8. The molecule has 0 unspecified atom stereocenters. The number of nitrogens with zero attached hydrogens (tertiary/aromatic N) is 2. The fourth-order valence-corrected chi connectivity index (χ4v) is 15.4. The summed E-state index contributed by atoms with van der Waals surface area (Å²) in [4.78, 5) is 9.96. The van der Waals surface area contributed by atoms with E-state index >= 15 is 0 Å². The molecule has 0 atom stereocenters. The van der Waals surface area contributed by atoms with Gasteiger partial charge in [0.2, 0.25) is 0 Å². The van der Waals surface area contributed by atoms with Crippen LogP contribution >= 0.6 is 0 Å². The Labute approximate surface area is 657 Å². The predicted octanol–water partition coefficient (Wildman–Crippen LogP) is 34.2. The Bertz CT molecular complexity index is 2380. The van der Waals surface area contributed by atoms with Crippen molar-refractivity contribution in [3.63, 3.8) is 0 Å². The molecule has 3 heteroatoms. The zero-order valence-electron chi connectivity index (χ0n) is 70.4. The van der Waals surface area contributed by atoms with Gasteiger partial charge in [0.25, 0.3) is 0 Å². The Hall–Kier alpha value is -3.49. The number of benzene rings is 2. The molecule has 0 aliphatic heterocycles. The molecule has 2 aromatic carbocycles. The van der Waals surface area contributed by atoms with Crippen LogP contribution in [0.25, 0.3) is 11.1 Å². The van der Waals surface area contributed by atoms with Crippen molar-refractivity contribution in [1.29, 1.82) is 0 Å². The van der Waals surface area contributed by atoms with Crippen LogP contribution in [-0.2, 0) is 27.3 Å². The van der Waals surface area contributed by atoms with E-state index in [0.717, 1.165) is 89.0 Å². The third-order valence-corrected chi connectivity index (χ3v) is 22.4. The van der Waals surface area contributed by atoms with Gasteiger partial charge in [0.05, 0.1) is 5.57 Å². The van der Waals surface area contributed by atoms with E-state index in [1.54, 1.807) is 0 Å². The SMILES string of the molecule is CCCCCCCC#CCCCc1ccccc1C(=C(CCCCCC)C(=C=[N+]=[N-])CCCCC)c1ccc(CCCC)cc1.CCCCCCCCCCCCCCCCCCCCCCCCCCCC#[C][Ni][C]#CCCCCCCCCCCCCCCCCCCCCCCCCCCC. The van der Waals surface area contributed by atoms with Crippen molar-refractivity contribution in [2.24, 2.45) is 0 Å². The molecule has 2 nitrogen and oxygen atoms in total. The Morgan fingerprint density at radius 1 is 0.288 bits per heavy atom. The van der Waals surface area contributed by atoms with Crippen LogP contribution in [0, 0.1) is 33.5 Å². The van der Waals surface area contributed by atoms with Gasteiger partial charge in [-0.1, -0.05) is 360 Å². The van der Waals surface area contributed by atoms with Gasteiger partial charge in [-0.05, 0) is 91.2 Å². The molecule has 0 aromatic heterocycles. The molecule has 0 fully saturated rings. The Kier molecular flexibility index (Phi) is 79.2. The van der Waals surface area contributed by atoms with Crippen molar-refractivity contribution in [1.82, 2.24) is 0 Å². The van der Waals surface area contributed by atoms with E-state index in [-0.39, 0.29) is 0 Å². The second-order valence-corrected chi connectivity index (χ2v) is 32.4. The monoisotopic (exact) mass is 1470 g/mol. The average Bonchev–Trinajstić information content (AvgIpc) is 0.794. The van der Waals surface area contributed by atoms with E-state index in [9.17, 15) is 5.53 Å². The molecule has 2 aromatic rings. The van der Waals surface area contributed by atoms with Crippen LogP contribution in [0.15, 0.2) is 59.7 Å². The van der Waals surface area contributed by atoms with Gasteiger partial charge < -0.3 is 5.53 Å². The average molecular weight is 1470 g/mol. The van der Waals surface area contributed by atoms with E-state index < -0.39 is 0 Å². The summed E-state index contributed by atoms with van der Waals surface area (Å²) in [6.45, 7) is 13.7. The van der Waals surface area contributed by atoms with Crippen LogP contribution < -0.4 is 0 Å². The summed E-state index contributed by atoms with van der Waals surface area (Å²) in [6, 6.07) is 18.3.